The number of hydrogen-bond donors (Lipinski definition) is 3. The lowest BCUT2D eigenvalue weighted by Crippen LogP contribution is -2.62. The minimum absolute atomic E-state index is 0. The Morgan fingerprint density at radius 2 is 1.90 bits per heavy atom. The lowest BCUT2D eigenvalue weighted by Gasteiger charge is -2.55. The van der Waals surface area contributed by atoms with E-state index in [0.29, 0.717) is 29.9 Å². The Balaban J connectivity index is 0.00000387. The zero-order valence-corrected chi connectivity index (χ0v) is 23.8. The van der Waals surface area contributed by atoms with Gasteiger partial charge in [0.25, 0.3) is 5.91 Å². The van der Waals surface area contributed by atoms with Gasteiger partial charge in [-0.05, 0) is 86.9 Å². The van der Waals surface area contributed by atoms with Gasteiger partial charge in [-0.15, -0.1) is 0 Å². The van der Waals surface area contributed by atoms with Crippen molar-refractivity contribution in [1.29, 1.82) is 5.41 Å². The maximum atomic E-state index is 14.2. The standard InChI is InChI=1S/C30H38F3N5O2.H2/c1-27(10-7-11-27)36-15-19-12-22-23(24(13-19)30(31,32)33)16-38(25(22)39)21-9-6-8-20(14-21)29(26(34)37(4)35-3)17-28(2,18-29)40-5;/h6,8-9,12-14,34-36H,7,10-11,15-18H2,1-5H3;1H. The fourth-order valence-electron chi connectivity index (χ4n) is 6.51. The second kappa shape index (κ2) is 9.85. The third kappa shape index (κ3) is 4.80. The van der Waals surface area contributed by atoms with Crippen LogP contribution in [0, 0.1) is 5.41 Å². The number of carbonyl (C=O) groups excluding carboxylic acids is 1. The molecule has 40 heavy (non-hydrogen) atoms. The van der Waals surface area contributed by atoms with Gasteiger partial charge in [-0.1, -0.05) is 12.1 Å². The number of fused-ring (bicyclic) bond motifs is 1. The van der Waals surface area contributed by atoms with Crippen LogP contribution < -0.4 is 15.6 Å². The molecule has 7 nitrogen and oxygen atoms in total. The van der Waals surface area contributed by atoms with Crippen molar-refractivity contribution in [3.05, 3.63) is 64.2 Å². The molecule has 1 aliphatic heterocycles. The Hall–Kier alpha value is -2.95. The second-order valence-corrected chi connectivity index (χ2v) is 12.1. The molecule has 10 heteroatoms. The zero-order valence-electron chi connectivity index (χ0n) is 23.8. The summed E-state index contributed by atoms with van der Waals surface area (Å²) in [7, 11) is 5.16. The van der Waals surface area contributed by atoms with Crippen molar-refractivity contribution in [2.24, 2.45) is 0 Å². The first kappa shape index (κ1) is 28.6. The summed E-state index contributed by atoms with van der Waals surface area (Å²) < 4.78 is 48.3. The van der Waals surface area contributed by atoms with Crippen LogP contribution in [-0.4, -0.2) is 49.1 Å². The molecule has 3 aliphatic rings. The van der Waals surface area contributed by atoms with Gasteiger partial charge in [0.2, 0.25) is 0 Å². The zero-order chi connectivity index (χ0) is 29.1. The van der Waals surface area contributed by atoms with Gasteiger partial charge in [0.1, 0.15) is 5.84 Å². The van der Waals surface area contributed by atoms with Crippen molar-refractivity contribution in [3.63, 3.8) is 0 Å². The first-order valence-electron chi connectivity index (χ1n) is 13.7. The van der Waals surface area contributed by atoms with E-state index in [9.17, 15) is 18.0 Å². The molecule has 2 aromatic rings. The number of ether oxygens (including phenoxy) is 1. The van der Waals surface area contributed by atoms with Gasteiger partial charge in [-0.3, -0.25) is 15.2 Å². The van der Waals surface area contributed by atoms with E-state index in [-0.39, 0.29) is 31.2 Å². The number of likely N-dealkylation sites (N-methyl/N-ethyl adjacent to an activating group) is 1. The predicted octanol–water partition coefficient (Wildman–Crippen LogP) is 5.62. The van der Waals surface area contributed by atoms with Crippen molar-refractivity contribution < 1.29 is 24.1 Å². The Kier molecular flexibility index (Phi) is 7.04. The van der Waals surface area contributed by atoms with Crippen LogP contribution in [-0.2, 0) is 29.4 Å². The number of amides is 1. The summed E-state index contributed by atoms with van der Waals surface area (Å²) in [5, 5.41) is 14.0. The number of methoxy groups -OCH3 is 1. The van der Waals surface area contributed by atoms with Crippen LogP contribution in [0.4, 0.5) is 18.9 Å². The second-order valence-electron chi connectivity index (χ2n) is 12.1. The summed E-state index contributed by atoms with van der Waals surface area (Å²) in [5.41, 5.74) is 3.00. The Morgan fingerprint density at radius 1 is 1.20 bits per heavy atom. The third-order valence-corrected chi connectivity index (χ3v) is 9.26. The molecule has 0 saturated heterocycles. The minimum Gasteiger partial charge on any atom is -0.378 e. The van der Waals surface area contributed by atoms with E-state index in [1.807, 2.05) is 19.1 Å². The smallest absolute Gasteiger partial charge is 0.378 e. The van der Waals surface area contributed by atoms with Gasteiger partial charge in [0, 0.05) is 46.0 Å². The average Bonchev–Trinajstić information content (AvgIpc) is 3.23. The number of nitrogens with zero attached hydrogens (tertiary/aromatic N) is 2. The molecule has 5 rings (SSSR count). The summed E-state index contributed by atoms with van der Waals surface area (Å²) in [6.45, 7) is 4.19. The Bertz CT molecular complexity index is 1340. The number of rotatable bonds is 8. The molecule has 218 valence electrons. The molecule has 0 unspecified atom stereocenters. The van der Waals surface area contributed by atoms with Gasteiger partial charge in [-0.25, -0.2) is 5.43 Å². The maximum Gasteiger partial charge on any atom is 0.416 e. The van der Waals surface area contributed by atoms with Crippen LogP contribution >= 0.6 is 0 Å². The van der Waals surface area contributed by atoms with E-state index in [1.54, 1.807) is 44.4 Å². The van der Waals surface area contributed by atoms with E-state index in [1.165, 1.54) is 11.0 Å². The molecule has 1 amide bonds. The van der Waals surface area contributed by atoms with Gasteiger partial charge >= 0.3 is 6.18 Å². The van der Waals surface area contributed by atoms with E-state index < -0.39 is 28.7 Å². The maximum absolute atomic E-state index is 14.2. The highest BCUT2D eigenvalue weighted by Gasteiger charge is 2.57. The molecular formula is C30H40F3N5O2. The molecule has 0 bridgehead atoms. The molecule has 0 spiro atoms. The molecule has 2 aromatic carbocycles. The SMILES string of the molecule is CNN(C)C(=N)C1(c2cccc(N3Cc4c(cc(CNC5(C)CCC5)cc4C(F)(F)F)C3=O)c2)CC(C)(OC)C1.[HH]. The highest BCUT2D eigenvalue weighted by atomic mass is 19.4. The topological polar surface area (TPSA) is 80.7 Å². The lowest BCUT2D eigenvalue weighted by molar-refractivity contribution is -0.138. The van der Waals surface area contributed by atoms with E-state index in [0.717, 1.165) is 24.8 Å². The Labute approximate surface area is 235 Å². The molecule has 0 aromatic heterocycles. The minimum atomic E-state index is -4.58. The fraction of sp³-hybridized carbons (Fsp3) is 0.533. The number of carbonyl (C=O) groups is 1. The van der Waals surface area contributed by atoms with Crippen LogP contribution in [0.25, 0.3) is 0 Å². The lowest BCUT2D eigenvalue weighted by atomic mass is 9.55. The van der Waals surface area contributed by atoms with Gasteiger partial charge in [0.05, 0.1) is 23.1 Å². The normalized spacial score (nSPS) is 25.3. The Morgan fingerprint density at radius 3 is 2.48 bits per heavy atom. The van der Waals surface area contributed by atoms with E-state index >= 15 is 0 Å². The molecule has 0 atom stereocenters. The number of alkyl halides is 3. The number of amidine groups is 1. The highest BCUT2D eigenvalue weighted by molar-refractivity contribution is 6.10. The number of anilines is 1. The number of nitrogens with one attached hydrogen (secondary N) is 3. The van der Waals surface area contributed by atoms with Crippen molar-refractivity contribution >= 4 is 17.4 Å². The number of hydrogen-bond acceptors (Lipinski definition) is 5. The van der Waals surface area contributed by atoms with Crippen molar-refractivity contribution in [3.8, 4) is 0 Å². The van der Waals surface area contributed by atoms with Crippen LogP contribution in [0.1, 0.15) is 80.0 Å². The first-order chi connectivity index (χ1) is 18.7. The highest BCUT2D eigenvalue weighted by Crippen LogP contribution is 2.53. The van der Waals surface area contributed by atoms with E-state index in [2.05, 4.69) is 17.7 Å². The summed E-state index contributed by atoms with van der Waals surface area (Å²) in [4.78, 5) is 15.1. The third-order valence-electron chi connectivity index (χ3n) is 9.26. The molecule has 3 N–H and O–H groups in total. The van der Waals surface area contributed by atoms with Gasteiger partial charge in [0.15, 0.2) is 0 Å². The number of benzene rings is 2. The van der Waals surface area contributed by atoms with Crippen molar-refractivity contribution in [2.75, 3.05) is 26.1 Å². The number of halogens is 3. The van der Waals surface area contributed by atoms with Crippen LogP contribution in [0.2, 0.25) is 0 Å². The largest absolute Gasteiger partial charge is 0.416 e. The van der Waals surface area contributed by atoms with Crippen LogP contribution in [0.3, 0.4) is 0 Å². The molecule has 1 heterocycles. The summed E-state index contributed by atoms with van der Waals surface area (Å²) in [6, 6.07) is 10.1. The average molecular weight is 560 g/mol. The first-order valence-corrected chi connectivity index (χ1v) is 13.7. The molecule has 0 radical (unpaired) electrons. The summed E-state index contributed by atoms with van der Waals surface area (Å²) >= 11 is 0. The predicted molar refractivity (Wildman–Crippen MR) is 150 cm³/mol. The quantitative estimate of drug-likeness (QED) is 0.222. The summed E-state index contributed by atoms with van der Waals surface area (Å²) in [5.74, 6) is -0.0875. The monoisotopic (exact) mass is 559 g/mol. The summed E-state index contributed by atoms with van der Waals surface area (Å²) in [6.07, 6.45) is -0.380. The molecule has 2 saturated carbocycles. The van der Waals surface area contributed by atoms with E-state index in [4.69, 9.17) is 10.1 Å². The van der Waals surface area contributed by atoms with Crippen LogP contribution in [0.15, 0.2) is 36.4 Å². The molecule has 2 aliphatic carbocycles. The van der Waals surface area contributed by atoms with Crippen molar-refractivity contribution in [2.45, 2.75) is 81.8 Å². The molecule has 2 fully saturated rings. The van der Waals surface area contributed by atoms with Crippen LogP contribution in [0.5, 0.6) is 0 Å². The van der Waals surface area contributed by atoms with Gasteiger partial charge < -0.3 is 15.0 Å². The van der Waals surface area contributed by atoms with Gasteiger partial charge in [-0.2, -0.15) is 13.2 Å². The van der Waals surface area contributed by atoms with Crippen molar-refractivity contribution in [1.82, 2.24) is 15.8 Å². The number of hydrazine groups is 1. The fourth-order valence-corrected chi connectivity index (χ4v) is 6.51. The molecular weight excluding hydrogens is 519 g/mol.